The second-order valence-electron chi connectivity index (χ2n) is 6.26. The molecule has 1 aromatic carbocycles. The Morgan fingerprint density at radius 3 is 2.76 bits per heavy atom. The van der Waals surface area contributed by atoms with E-state index in [1.165, 1.54) is 18.4 Å². The van der Waals surface area contributed by atoms with Crippen LogP contribution < -0.4 is 14.8 Å². The fourth-order valence-corrected chi connectivity index (χ4v) is 2.44. The van der Waals surface area contributed by atoms with Crippen molar-refractivity contribution in [2.75, 3.05) is 13.7 Å². The number of ether oxygens (including phenoxy) is 2. The lowest BCUT2D eigenvalue weighted by atomic mass is 10.1. The van der Waals surface area contributed by atoms with E-state index in [-0.39, 0.29) is 5.41 Å². The van der Waals surface area contributed by atoms with Crippen LogP contribution in [0.2, 0.25) is 0 Å². The highest BCUT2D eigenvalue weighted by molar-refractivity contribution is 5.43. The summed E-state index contributed by atoms with van der Waals surface area (Å²) >= 11 is 0. The van der Waals surface area contributed by atoms with Gasteiger partial charge in [0.15, 0.2) is 11.5 Å². The minimum absolute atomic E-state index is 0.0853. The molecular weight excluding hydrogens is 264 g/mol. The lowest BCUT2D eigenvalue weighted by Gasteiger charge is -2.16. The van der Waals surface area contributed by atoms with Crippen LogP contribution in [-0.2, 0) is 6.54 Å². The summed E-state index contributed by atoms with van der Waals surface area (Å²) in [5, 5.41) is 12.4. The Bertz CT molecular complexity index is 542. The molecule has 112 valence electrons. The van der Waals surface area contributed by atoms with E-state index in [4.69, 9.17) is 14.7 Å². The van der Waals surface area contributed by atoms with Gasteiger partial charge in [-0.15, -0.1) is 0 Å². The molecule has 3 rings (SSSR count). The van der Waals surface area contributed by atoms with Crippen LogP contribution in [0, 0.1) is 16.7 Å². The third-order valence-electron chi connectivity index (χ3n) is 4.35. The molecule has 2 fully saturated rings. The predicted octanol–water partition coefficient (Wildman–Crippen LogP) is 3.02. The molecule has 0 heterocycles. The molecule has 0 aromatic heterocycles. The Morgan fingerprint density at radius 1 is 1.33 bits per heavy atom. The smallest absolute Gasteiger partial charge is 0.161 e. The maximum atomic E-state index is 8.87. The SMILES string of the molecule is COc1ccc(CNC2CC2)cc1OCC1(CC#N)CC1. The molecule has 0 saturated heterocycles. The highest BCUT2D eigenvalue weighted by Crippen LogP contribution is 2.49. The summed E-state index contributed by atoms with van der Waals surface area (Å²) in [4.78, 5) is 0. The normalized spacial score (nSPS) is 18.9. The Morgan fingerprint density at radius 2 is 2.14 bits per heavy atom. The minimum Gasteiger partial charge on any atom is -0.493 e. The van der Waals surface area contributed by atoms with Crippen LogP contribution >= 0.6 is 0 Å². The van der Waals surface area contributed by atoms with E-state index in [0.717, 1.165) is 30.9 Å². The van der Waals surface area contributed by atoms with Gasteiger partial charge in [-0.1, -0.05) is 6.07 Å². The van der Waals surface area contributed by atoms with E-state index in [0.29, 0.717) is 19.1 Å². The van der Waals surface area contributed by atoms with Crippen LogP contribution in [0.3, 0.4) is 0 Å². The number of hydrogen-bond donors (Lipinski definition) is 1. The summed E-state index contributed by atoms with van der Waals surface area (Å²) in [6.45, 7) is 1.48. The summed E-state index contributed by atoms with van der Waals surface area (Å²) in [5.74, 6) is 1.55. The second kappa shape index (κ2) is 5.95. The molecule has 0 bridgehead atoms. The summed E-state index contributed by atoms with van der Waals surface area (Å²) in [6, 6.07) is 9.05. The first-order chi connectivity index (χ1) is 10.2. The average molecular weight is 286 g/mol. The number of nitrogens with zero attached hydrogens (tertiary/aromatic N) is 1. The van der Waals surface area contributed by atoms with Crippen molar-refractivity contribution >= 4 is 0 Å². The van der Waals surface area contributed by atoms with Gasteiger partial charge in [0.1, 0.15) is 0 Å². The van der Waals surface area contributed by atoms with Crippen molar-refractivity contribution in [2.45, 2.75) is 44.7 Å². The fourth-order valence-electron chi connectivity index (χ4n) is 2.44. The second-order valence-corrected chi connectivity index (χ2v) is 6.26. The van der Waals surface area contributed by atoms with Crippen molar-refractivity contribution in [2.24, 2.45) is 5.41 Å². The van der Waals surface area contributed by atoms with Gasteiger partial charge in [0.05, 0.1) is 19.8 Å². The lowest BCUT2D eigenvalue weighted by molar-refractivity contribution is 0.226. The van der Waals surface area contributed by atoms with Gasteiger partial charge in [-0.05, 0) is 43.4 Å². The van der Waals surface area contributed by atoms with Crippen molar-refractivity contribution in [1.82, 2.24) is 5.32 Å². The van der Waals surface area contributed by atoms with Gasteiger partial charge in [-0.2, -0.15) is 5.26 Å². The van der Waals surface area contributed by atoms with Crippen LogP contribution in [0.1, 0.15) is 37.7 Å². The molecule has 0 spiro atoms. The fraction of sp³-hybridized carbons (Fsp3) is 0.588. The number of nitrogens with one attached hydrogen (secondary N) is 1. The van der Waals surface area contributed by atoms with E-state index < -0.39 is 0 Å². The third kappa shape index (κ3) is 3.68. The van der Waals surface area contributed by atoms with Crippen LogP contribution in [0.15, 0.2) is 18.2 Å². The molecule has 0 amide bonds. The Kier molecular flexibility index (Phi) is 4.03. The number of hydrogen-bond acceptors (Lipinski definition) is 4. The highest BCUT2D eigenvalue weighted by atomic mass is 16.5. The van der Waals surface area contributed by atoms with Crippen molar-refractivity contribution in [3.8, 4) is 17.6 Å². The first-order valence-corrected chi connectivity index (χ1v) is 7.65. The molecule has 2 saturated carbocycles. The highest BCUT2D eigenvalue weighted by Gasteiger charge is 2.43. The largest absolute Gasteiger partial charge is 0.493 e. The lowest BCUT2D eigenvalue weighted by Crippen LogP contribution is -2.16. The van der Waals surface area contributed by atoms with Crippen LogP contribution in [0.4, 0.5) is 0 Å². The van der Waals surface area contributed by atoms with E-state index in [1.54, 1.807) is 7.11 Å². The van der Waals surface area contributed by atoms with Gasteiger partial charge in [0.25, 0.3) is 0 Å². The number of nitriles is 1. The number of rotatable bonds is 8. The Hall–Kier alpha value is -1.73. The molecular formula is C17H22N2O2. The van der Waals surface area contributed by atoms with E-state index >= 15 is 0 Å². The zero-order chi connectivity index (χ0) is 14.7. The van der Waals surface area contributed by atoms with Gasteiger partial charge in [-0.25, -0.2) is 0 Å². The summed E-state index contributed by atoms with van der Waals surface area (Å²) in [5.41, 5.74) is 1.30. The van der Waals surface area contributed by atoms with Gasteiger partial charge in [-0.3, -0.25) is 0 Å². The molecule has 0 radical (unpaired) electrons. The van der Waals surface area contributed by atoms with Crippen molar-refractivity contribution < 1.29 is 9.47 Å². The molecule has 4 heteroatoms. The average Bonchev–Trinajstić information content (AvgIpc) is 3.40. The zero-order valence-corrected chi connectivity index (χ0v) is 12.5. The molecule has 1 aromatic rings. The van der Waals surface area contributed by atoms with Crippen LogP contribution in [0.25, 0.3) is 0 Å². The van der Waals surface area contributed by atoms with Gasteiger partial charge in [0.2, 0.25) is 0 Å². The third-order valence-corrected chi connectivity index (χ3v) is 4.35. The molecule has 0 aliphatic heterocycles. The molecule has 21 heavy (non-hydrogen) atoms. The first kappa shape index (κ1) is 14.2. The first-order valence-electron chi connectivity index (χ1n) is 7.65. The van der Waals surface area contributed by atoms with E-state index in [1.807, 2.05) is 6.07 Å². The van der Waals surface area contributed by atoms with Crippen molar-refractivity contribution in [3.63, 3.8) is 0 Å². The molecule has 2 aliphatic rings. The molecule has 2 aliphatic carbocycles. The summed E-state index contributed by atoms with van der Waals surface area (Å²) in [7, 11) is 1.66. The van der Waals surface area contributed by atoms with Crippen LogP contribution in [-0.4, -0.2) is 19.8 Å². The standard InChI is InChI=1S/C17H22N2O2/c1-20-15-5-2-13(11-19-14-3-4-14)10-16(15)21-12-17(6-7-17)8-9-18/h2,5,10,14,19H,3-4,6-8,11-12H2,1H3. The van der Waals surface area contributed by atoms with Gasteiger partial charge < -0.3 is 14.8 Å². The minimum atomic E-state index is 0.0853. The van der Waals surface area contributed by atoms with Crippen molar-refractivity contribution in [3.05, 3.63) is 23.8 Å². The molecule has 0 atom stereocenters. The van der Waals surface area contributed by atoms with Gasteiger partial charge >= 0.3 is 0 Å². The Balaban J connectivity index is 1.63. The molecule has 4 nitrogen and oxygen atoms in total. The quantitative estimate of drug-likeness (QED) is 0.798. The number of methoxy groups -OCH3 is 1. The Labute approximate surface area is 126 Å². The van der Waals surface area contributed by atoms with E-state index in [9.17, 15) is 0 Å². The van der Waals surface area contributed by atoms with Crippen LogP contribution in [0.5, 0.6) is 11.5 Å². The zero-order valence-electron chi connectivity index (χ0n) is 12.5. The maximum absolute atomic E-state index is 8.87. The summed E-state index contributed by atoms with van der Waals surface area (Å²) < 4.78 is 11.3. The summed E-state index contributed by atoms with van der Waals surface area (Å²) in [6.07, 6.45) is 5.34. The topological polar surface area (TPSA) is 54.3 Å². The number of benzene rings is 1. The molecule has 0 unspecified atom stereocenters. The van der Waals surface area contributed by atoms with E-state index in [2.05, 4.69) is 23.5 Å². The molecule has 1 N–H and O–H groups in total. The van der Waals surface area contributed by atoms with Gasteiger partial charge in [0, 0.05) is 24.4 Å². The van der Waals surface area contributed by atoms with Crippen molar-refractivity contribution in [1.29, 1.82) is 5.26 Å². The predicted molar refractivity (Wildman–Crippen MR) is 80.2 cm³/mol. The monoisotopic (exact) mass is 286 g/mol. The maximum Gasteiger partial charge on any atom is 0.161 e.